The van der Waals surface area contributed by atoms with Gasteiger partial charge in [0.1, 0.15) is 5.58 Å². The van der Waals surface area contributed by atoms with Crippen LogP contribution < -0.4 is 11.4 Å². The molecule has 0 aliphatic rings. The topological polar surface area (TPSA) is 56.2 Å². The van der Waals surface area contributed by atoms with Crippen molar-refractivity contribution in [2.75, 3.05) is 5.73 Å². The van der Waals surface area contributed by atoms with Crippen LogP contribution in [-0.4, -0.2) is 0 Å². The van der Waals surface area contributed by atoms with Gasteiger partial charge in [-0.25, -0.2) is 4.79 Å². The number of anilines is 1. The quantitative estimate of drug-likeness (QED) is 0.528. The molecule has 0 aliphatic heterocycles. The van der Waals surface area contributed by atoms with E-state index in [1.807, 2.05) is 19.9 Å². The van der Waals surface area contributed by atoms with E-state index >= 15 is 0 Å². The molecule has 0 saturated heterocycles. The van der Waals surface area contributed by atoms with Crippen LogP contribution in [0.2, 0.25) is 0 Å². The van der Waals surface area contributed by atoms with E-state index in [-0.39, 0.29) is 5.63 Å². The molecule has 3 nitrogen and oxygen atoms in total. The first-order valence-electron chi connectivity index (χ1n) is 4.81. The molecule has 2 aromatic rings. The molecule has 0 amide bonds. The molecule has 0 saturated carbocycles. The van der Waals surface area contributed by atoms with E-state index in [1.165, 1.54) is 0 Å². The molecule has 15 heavy (non-hydrogen) atoms. The Bertz CT molecular complexity index is 597. The van der Waals surface area contributed by atoms with Gasteiger partial charge in [-0.3, -0.25) is 0 Å². The third-order valence-electron chi connectivity index (χ3n) is 2.77. The first kappa shape index (κ1) is 9.77. The zero-order valence-electron chi connectivity index (χ0n) is 9.05. The second kappa shape index (κ2) is 3.12. The van der Waals surface area contributed by atoms with Crippen LogP contribution in [0.15, 0.2) is 21.3 Å². The highest BCUT2D eigenvalue weighted by atomic mass is 16.4. The summed E-state index contributed by atoms with van der Waals surface area (Å²) in [6.45, 7) is 5.67. The smallest absolute Gasteiger partial charge is 0.339 e. The summed E-state index contributed by atoms with van der Waals surface area (Å²) < 4.78 is 5.20. The summed E-state index contributed by atoms with van der Waals surface area (Å²) >= 11 is 0. The van der Waals surface area contributed by atoms with Crippen LogP contribution in [-0.2, 0) is 0 Å². The summed E-state index contributed by atoms with van der Waals surface area (Å²) in [5.74, 6) is 0. The number of nitrogen functional groups attached to an aromatic ring is 1. The first-order valence-corrected chi connectivity index (χ1v) is 4.81. The third-order valence-corrected chi connectivity index (χ3v) is 2.77. The lowest BCUT2D eigenvalue weighted by atomic mass is 10.0. The number of hydrogen-bond donors (Lipinski definition) is 1. The van der Waals surface area contributed by atoms with Gasteiger partial charge in [0.15, 0.2) is 0 Å². The SMILES string of the molecule is Cc1c(C)c2c(C)cc(N)cc2oc1=O. The number of fused-ring (bicyclic) bond motifs is 1. The van der Waals surface area contributed by atoms with Gasteiger partial charge in [0.25, 0.3) is 0 Å². The Hall–Kier alpha value is -1.77. The molecular weight excluding hydrogens is 190 g/mol. The van der Waals surface area contributed by atoms with Crippen molar-refractivity contribution in [1.82, 2.24) is 0 Å². The molecule has 0 aliphatic carbocycles. The lowest BCUT2D eigenvalue weighted by Crippen LogP contribution is -2.06. The highest BCUT2D eigenvalue weighted by Crippen LogP contribution is 2.25. The Morgan fingerprint density at radius 1 is 1.13 bits per heavy atom. The van der Waals surface area contributed by atoms with Crippen molar-refractivity contribution in [2.45, 2.75) is 20.8 Å². The van der Waals surface area contributed by atoms with Gasteiger partial charge in [-0.2, -0.15) is 0 Å². The molecule has 1 aromatic heterocycles. The molecule has 0 spiro atoms. The van der Waals surface area contributed by atoms with Gasteiger partial charge in [-0.15, -0.1) is 0 Å². The maximum atomic E-state index is 11.5. The summed E-state index contributed by atoms with van der Waals surface area (Å²) in [5.41, 5.74) is 9.27. The van der Waals surface area contributed by atoms with Crippen LogP contribution in [0, 0.1) is 20.8 Å². The number of benzene rings is 1. The molecule has 3 heteroatoms. The average molecular weight is 203 g/mol. The van der Waals surface area contributed by atoms with Gasteiger partial charge in [0.2, 0.25) is 0 Å². The molecule has 2 N–H and O–H groups in total. The van der Waals surface area contributed by atoms with E-state index in [0.29, 0.717) is 16.8 Å². The first-order chi connectivity index (χ1) is 7.00. The van der Waals surface area contributed by atoms with E-state index in [9.17, 15) is 4.79 Å². The molecule has 0 atom stereocenters. The molecule has 0 fully saturated rings. The Balaban J connectivity index is 3.05. The Morgan fingerprint density at radius 3 is 2.47 bits per heavy atom. The number of aryl methyl sites for hydroxylation is 2. The van der Waals surface area contributed by atoms with Gasteiger partial charge in [-0.1, -0.05) is 0 Å². The van der Waals surface area contributed by atoms with Crippen molar-refractivity contribution in [3.63, 3.8) is 0 Å². The van der Waals surface area contributed by atoms with Crippen molar-refractivity contribution < 1.29 is 4.42 Å². The molecule has 0 unspecified atom stereocenters. The predicted molar refractivity (Wildman–Crippen MR) is 61.1 cm³/mol. The molecule has 78 valence electrons. The van der Waals surface area contributed by atoms with Crippen molar-refractivity contribution in [1.29, 1.82) is 0 Å². The van der Waals surface area contributed by atoms with Crippen LogP contribution in [0.1, 0.15) is 16.7 Å². The fourth-order valence-electron chi connectivity index (χ4n) is 1.86. The standard InChI is InChI=1S/C12H13NO2/c1-6-4-9(13)5-10-11(6)7(2)8(3)12(14)15-10/h4-5H,13H2,1-3H3. The average Bonchev–Trinajstić information content (AvgIpc) is 2.13. The van der Waals surface area contributed by atoms with Crippen LogP contribution in [0.25, 0.3) is 11.0 Å². The minimum Gasteiger partial charge on any atom is -0.422 e. The van der Waals surface area contributed by atoms with E-state index < -0.39 is 0 Å². The highest BCUT2D eigenvalue weighted by molar-refractivity contribution is 5.87. The Morgan fingerprint density at radius 2 is 1.80 bits per heavy atom. The third kappa shape index (κ3) is 1.40. The van der Waals surface area contributed by atoms with E-state index in [2.05, 4.69) is 0 Å². The fourth-order valence-corrected chi connectivity index (χ4v) is 1.86. The molecule has 1 heterocycles. The molecular formula is C12H13NO2. The molecule has 0 bridgehead atoms. The number of nitrogens with two attached hydrogens (primary N) is 1. The van der Waals surface area contributed by atoms with Gasteiger partial charge >= 0.3 is 5.63 Å². The molecule has 2 rings (SSSR count). The zero-order chi connectivity index (χ0) is 11.2. The van der Waals surface area contributed by atoms with Gasteiger partial charge in [0.05, 0.1) is 0 Å². The monoisotopic (exact) mass is 203 g/mol. The normalized spacial score (nSPS) is 10.9. The maximum Gasteiger partial charge on any atom is 0.339 e. The largest absolute Gasteiger partial charge is 0.422 e. The summed E-state index contributed by atoms with van der Waals surface area (Å²) in [6, 6.07) is 3.57. The van der Waals surface area contributed by atoms with Gasteiger partial charge in [-0.05, 0) is 38.0 Å². The van der Waals surface area contributed by atoms with E-state index in [1.54, 1.807) is 13.0 Å². The Kier molecular flexibility index (Phi) is 2.03. The number of rotatable bonds is 0. The van der Waals surface area contributed by atoms with Crippen molar-refractivity contribution in [3.8, 4) is 0 Å². The Labute approximate surface area is 87.5 Å². The second-order valence-electron chi connectivity index (χ2n) is 3.85. The molecule has 1 aromatic carbocycles. The van der Waals surface area contributed by atoms with Crippen LogP contribution in [0.5, 0.6) is 0 Å². The summed E-state index contributed by atoms with van der Waals surface area (Å²) in [5, 5.41) is 0.987. The second-order valence-corrected chi connectivity index (χ2v) is 3.85. The predicted octanol–water partition coefficient (Wildman–Crippen LogP) is 2.30. The van der Waals surface area contributed by atoms with Crippen molar-refractivity contribution in [2.24, 2.45) is 0 Å². The lowest BCUT2D eigenvalue weighted by molar-refractivity contribution is 0.553. The van der Waals surface area contributed by atoms with Crippen LogP contribution >= 0.6 is 0 Å². The van der Waals surface area contributed by atoms with E-state index in [4.69, 9.17) is 10.2 Å². The van der Waals surface area contributed by atoms with Crippen LogP contribution in [0.4, 0.5) is 5.69 Å². The molecule has 0 radical (unpaired) electrons. The van der Waals surface area contributed by atoms with Gasteiger partial charge in [0, 0.05) is 22.7 Å². The van der Waals surface area contributed by atoms with Crippen molar-refractivity contribution in [3.05, 3.63) is 39.2 Å². The summed E-state index contributed by atoms with van der Waals surface area (Å²) in [4.78, 5) is 11.5. The fraction of sp³-hybridized carbons (Fsp3) is 0.250. The maximum absolute atomic E-state index is 11.5. The highest BCUT2D eigenvalue weighted by Gasteiger charge is 2.09. The van der Waals surface area contributed by atoms with Gasteiger partial charge < -0.3 is 10.2 Å². The summed E-state index contributed by atoms with van der Waals surface area (Å²) in [6.07, 6.45) is 0. The van der Waals surface area contributed by atoms with E-state index in [0.717, 1.165) is 16.5 Å². The minimum absolute atomic E-state index is 0.287. The zero-order valence-corrected chi connectivity index (χ0v) is 9.05. The van der Waals surface area contributed by atoms with Crippen molar-refractivity contribution >= 4 is 16.7 Å². The number of hydrogen-bond acceptors (Lipinski definition) is 3. The van der Waals surface area contributed by atoms with Crippen LogP contribution in [0.3, 0.4) is 0 Å². The minimum atomic E-state index is -0.287. The summed E-state index contributed by atoms with van der Waals surface area (Å²) in [7, 11) is 0. The lowest BCUT2D eigenvalue weighted by Gasteiger charge is -2.07.